The summed E-state index contributed by atoms with van der Waals surface area (Å²) < 4.78 is 47.8. The zero-order valence-electron chi connectivity index (χ0n) is 42.5. The maximum atomic E-state index is 12.5. The molecule has 0 N–H and O–H groups in total. The van der Waals surface area contributed by atoms with Crippen molar-refractivity contribution >= 4 is 17.9 Å². The minimum Gasteiger partial charge on any atom is -0.497 e. The maximum absolute atomic E-state index is 12.5. The Bertz CT molecular complexity index is 3020. The van der Waals surface area contributed by atoms with Gasteiger partial charge in [-0.05, 0) is 167 Å². The number of hydrogen-bond donors (Lipinski definition) is 0. The Morgan fingerprint density at radius 1 is 0.270 bits per heavy atom. The van der Waals surface area contributed by atoms with Crippen LogP contribution in [0.5, 0.6) is 46.0 Å². The van der Waals surface area contributed by atoms with Crippen molar-refractivity contribution in [2.45, 2.75) is 25.7 Å². The smallest absolute Gasteiger partial charge is 0.341 e. The van der Waals surface area contributed by atoms with E-state index in [2.05, 4.69) is 12.1 Å². The predicted molar refractivity (Wildman–Crippen MR) is 283 cm³/mol. The Labute approximate surface area is 431 Å². The third-order valence-corrected chi connectivity index (χ3v) is 12.0. The lowest BCUT2D eigenvalue weighted by Gasteiger charge is -2.13. The molecule has 0 bridgehead atoms. The number of ether oxygens (including phenoxy) is 9. The van der Waals surface area contributed by atoms with Gasteiger partial charge in [0.1, 0.15) is 62.7 Å². The molecule has 0 fully saturated rings. The first-order valence-corrected chi connectivity index (χ1v) is 23.6. The average Bonchev–Trinajstić information content (AvgIpc) is 3.44. The highest BCUT2D eigenvalue weighted by Gasteiger charge is 2.17. The first-order chi connectivity index (χ1) is 36.0. The van der Waals surface area contributed by atoms with Gasteiger partial charge in [0.2, 0.25) is 0 Å². The molecule has 378 valence electrons. The van der Waals surface area contributed by atoms with Crippen LogP contribution in [0.25, 0.3) is 0 Å². The van der Waals surface area contributed by atoms with Crippen molar-refractivity contribution in [3.8, 4) is 46.0 Å². The highest BCUT2D eigenvalue weighted by atomic mass is 16.5. The van der Waals surface area contributed by atoms with Crippen LogP contribution in [0.1, 0.15) is 75.6 Å². The molecule has 0 aliphatic heterocycles. The van der Waals surface area contributed by atoms with Crippen molar-refractivity contribution in [2.75, 3.05) is 49.8 Å². The Balaban J connectivity index is 0.000000217. The van der Waals surface area contributed by atoms with Crippen LogP contribution in [0.4, 0.5) is 0 Å². The molecule has 0 heterocycles. The summed E-state index contributed by atoms with van der Waals surface area (Å²) in [5, 5.41) is 0. The van der Waals surface area contributed by atoms with Gasteiger partial charge >= 0.3 is 17.9 Å². The zero-order valence-corrected chi connectivity index (χ0v) is 42.5. The van der Waals surface area contributed by atoms with Crippen LogP contribution in [-0.4, -0.2) is 67.7 Å². The topological polar surface area (TPSA) is 134 Å². The van der Waals surface area contributed by atoms with E-state index in [4.69, 9.17) is 42.6 Å². The molecule has 8 aromatic carbocycles. The number of benzene rings is 8. The number of esters is 3. The van der Waals surface area contributed by atoms with Crippen LogP contribution >= 0.6 is 0 Å². The van der Waals surface area contributed by atoms with Crippen LogP contribution < -0.4 is 28.4 Å². The van der Waals surface area contributed by atoms with Crippen LogP contribution in [0.3, 0.4) is 0 Å². The molecule has 0 radical (unpaired) electrons. The van der Waals surface area contributed by atoms with Crippen molar-refractivity contribution in [2.24, 2.45) is 0 Å². The molecule has 0 amide bonds. The fourth-order valence-corrected chi connectivity index (χ4v) is 8.03. The van der Waals surface area contributed by atoms with Crippen LogP contribution in [0.15, 0.2) is 176 Å². The van der Waals surface area contributed by atoms with Crippen molar-refractivity contribution in [3.63, 3.8) is 0 Å². The Hall–Kier alpha value is -9.03. The van der Waals surface area contributed by atoms with Gasteiger partial charge in [-0.3, -0.25) is 0 Å². The lowest BCUT2D eigenvalue weighted by molar-refractivity contribution is 0.0588. The summed E-state index contributed by atoms with van der Waals surface area (Å²) in [6.45, 7) is 0. The highest BCUT2D eigenvalue weighted by molar-refractivity contribution is 5.94. The number of rotatable bonds is 19. The number of methoxy groups -OCH3 is 7. The Kier molecular flexibility index (Phi) is 18.5. The first-order valence-electron chi connectivity index (χ1n) is 23.6. The third-order valence-electron chi connectivity index (χ3n) is 12.0. The number of carbonyl (C=O) groups excluding carboxylic acids is 3. The maximum Gasteiger partial charge on any atom is 0.341 e. The molecule has 0 aliphatic carbocycles. The summed E-state index contributed by atoms with van der Waals surface area (Å²) in [4.78, 5) is 36.6. The van der Waals surface area contributed by atoms with E-state index in [0.717, 1.165) is 56.9 Å². The van der Waals surface area contributed by atoms with E-state index in [1.165, 1.54) is 41.1 Å². The monoisotopic (exact) mass is 994 g/mol. The summed E-state index contributed by atoms with van der Waals surface area (Å²) >= 11 is 0. The van der Waals surface area contributed by atoms with Gasteiger partial charge in [0, 0.05) is 0 Å². The summed E-state index contributed by atoms with van der Waals surface area (Å²) in [6.07, 6.45) is 2.77. The molecule has 0 spiro atoms. The standard InChI is InChI=1S/C32H30O7.C30H28O5/c1-35-29-15-9-23(19-27(29)31(33)37-3)17-21-5-11-25(12-6-21)39-26-13-7-22(8-14-26)18-24-10-16-30(36-2)28(20-24)32(34)38-4;1-32-25-11-4-21(5-12-25)18-22-8-15-27(16-9-22)35-29-17-10-24(20-28(29)30(31)34-3)19-23-6-13-26(33-2)14-7-23/h5-16,19-20H,17-18H2,1-4H3;4-17,20H,18-19H2,1-3H3. The van der Waals surface area contributed by atoms with Crippen molar-refractivity contribution < 1.29 is 57.0 Å². The molecule has 0 saturated heterocycles. The molecule has 12 heteroatoms. The number of carbonyl (C=O) groups is 3. The second-order valence-electron chi connectivity index (χ2n) is 16.9. The summed E-state index contributed by atoms with van der Waals surface area (Å²) in [5.41, 5.74) is 9.72. The molecule has 8 aromatic rings. The molecule has 12 nitrogen and oxygen atoms in total. The average molecular weight is 995 g/mol. The normalized spacial score (nSPS) is 10.5. The predicted octanol–water partition coefficient (Wildman–Crippen LogP) is 12.7. The lowest BCUT2D eigenvalue weighted by atomic mass is 10.0. The second kappa shape index (κ2) is 25.9. The minimum atomic E-state index is -0.437. The van der Waals surface area contributed by atoms with Gasteiger partial charge in [-0.25, -0.2) is 14.4 Å². The molecule has 0 aliphatic rings. The van der Waals surface area contributed by atoms with Crippen LogP contribution in [0, 0.1) is 0 Å². The van der Waals surface area contributed by atoms with Crippen molar-refractivity contribution in [1.82, 2.24) is 0 Å². The largest absolute Gasteiger partial charge is 0.497 e. The fourth-order valence-electron chi connectivity index (χ4n) is 8.03. The van der Waals surface area contributed by atoms with Crippen molar-refractivity contribution in [3.05, 3.63) is 237 Å². The first kappa shape index (κ1) is 52.8. The van der Waals surface area contributed by atoms with E-state index in [9.17, 15) is 14.4 Å². The molecule has 0 aromatic heterocycles. The van der Waals surface area contributed by atoms with Gasteiger partial charge in [-0.15, -0.1) is 0 Å². The zero-order chi connectivity index (χ0) is 52.4. The lowest BCUT2D eigenvalue weighted by Crippen LogP contribution is -2.05. The van der Waals surface area contributed by atoms with Gasteiger partial charge in [-0.1, -0.05) is 78.9 Å². The summed E-state index contributed by atoms with van der Waals surface area (Å²) in [5.74, 6) is 3.85. The Morgan fingerprint density at radius 3 is 0.797 bits per heavy atom. The number of hydrogen-bond acceptors (Lipinski definition) is 12. The molecule has 8 rings (SSSR count). The van der Waals surface area contributed by atoms with E-state index in [1.807, 2.05) is 140 Å². The van der Waals surface area contributed by atoms with Crippen LogP contribution in [0.2, 0.25) is 0 Å². The van der Waals surface area contributed by atoms with Gasteiger partial charge < -0.3 is 42.6 Å². The van der Waals surface area contributed by atoms with E-state index in [1.54, 1.807) is 38.5 Å². The van der Waals surface area contributed by atoms with Gasteiger partial charge in [0.25, 0.3) is 0 Å². The molecular weight excluding hydrogens is 937 g/mol. The fraction of sp³-hybridized carbons (Fsp3) is 0.177. The molecule has 0 unspecified atom stereocenters. The van der Waals surface area contributed by atoms with Gasteiger partial charge in [0.05, 0.1) is 49.8 Å². The SMILES string of the molecule is COC(=O)c1cc(Cc2ccc(OC)cc2)ccc1Oc1ccc(Cc2ccc(OC)cc2)cc1.COC(=O)c1cc(Cc2ccc(Oc3ccc(Cc4ccc(OC)c(C(=O)OC)c4)cc3)cc2)ccc1OC. The minimum absolute atomic E-state index is 0.390. The summed E-state index contributed by atoms with van der Waals surface area (Å²) in [6, 6.07) is 56.0. The van der Waals surface area contributed by atoms with E-state index >= 15 is 0 Å². The van der Waals surface area contributed by atoms with Crippen molar-refractivity contribution in [1.29, 1.82) is 0 Å². The Morgan fingerprint density at radius 2 is 0.514 bits per heavy atom. The van der Waals surface area contributed by atoms with E-state index in [-0.39, 0.29) is 0 Å². The highest BCUT2D eigenvalue weighted by Crippen LogP contribution is 2.31. The van der Waals surface area contributed by atoms with Crippen LogP contribution in [-0.2, 0) is 39.9 Å². The third kappa shape index (κ3) is 14.3. The second-order valence-corrected chi connectivity index (χ2v) is 16.9. The van der Waals surface area contributed by atoms with E-state index in [0.29, 0.717) is 70.4 Å². The van der Waals surface area contributed by atoms with E-state index < -0.39 is 17.9 Å². The van der Waals surface area contributed by atoms with Gasteiger partial charge in [0.15, 0.2) is 0 Å². The summed E-state index contributed by atoms with van der Waals surface area (Å²) in [7, 11) is 10.4. The molecule has 0 atom stereocenters. The molecule has 0 saturated carbocycles. The van der Waals surface area contributed by atoms with Gasteiger partial charge in [-0.2, -0.15) is 0 Å². The molecule has 74 heavy (non-hydrogen) atoms. The molecular formula is C62H58O12. The quantitative estimate of drug-likeness (QED) is 0.0564.